The Kier molecular flexibility index (Phi) is 4.26. The van der Waals surface area contributed by atoms with Crippen LogP contribution in [0, 0.1) is 5.82 Å². The van der Waals surface area contributed by atoms with Gasteiger partial charge in [0.15, 0.2) is 12.0 Å². The molecule has 0 aliphatic heterocycles. The topological polar surface area (TPSA) is 48.3 Å². The number of carbonyl (C=O) groups is 2. The molecule has 1 heterocycles. The summed E-state index contributed by atoms with van der Waals surface area (Å²) >= 11 is 0. The van der Waals surface area contributed by atoms with Gasteiger partial charge < -0.3 is 9.30 Å². The quantitative estimate of drug-likeness (QED) is 0.288. The molecule has 0 bridgehead atoms. The largest absolute Gasteiger partial charge is 0.455 e. The van der Waals surface area contributed by atoms with Gasteiger partial charge in [-0.2, -0.15) is 0 Å². The first kappa shape index (κ1) is 16.7. The minimum Gasteiger partial charge on any atom is -0.455 e. The van der Waals surface area contributed by atoms with Crippen LogP contribution < -0.4 is 4.74 Å². The van der Waals surface area contributed by atoms with E-state index in [1.54, 1.807) is 35.0 Å². The number of halogens is 1. The molecule has 0 saturated carbocycles. The molecule has 0 unspecified atom stereocenters. The second-order valence-electron chi connectivity index (χ2n) is 5.94. The third-order valence-electron chi connectivity index (χ3n) is 4.23. The highest BCUT2D eigenvalue weighted by atomic mass is 19.1. The van der Waals surface area contributed by atoms with E-state index in [0.717, 1.165) is 5.39 Å². The first-order valence-corrected chi connectivity index (χ1v) is 8.30. The molecule has 27 heavy (non-hydrogen) atoms. The maximum absolute atomic E-state index is 13.1. The number of rotatable bonds is 5. The van der Waals surface area contributed by atoms with Crippen molar-refractivity contribution < 1.29 is 18.7 Å². The van der Waals surface area contributed by atoms with Crippen LogP contribution in [-0.4, -0.2) is 16.6 Å². The van der Waals surface area contributed by atoms with Gasteiger partial charge in [-0.15, -0.1) is 0 Å². The van der Waals surface area contributed by atoms with Crippen molar-refractivity contribution >= 4 is 22.8 Å². The summed E-state index contributed by atoms with van der Waals surface area (Å²) in [5.74, 6) is -0.0351. The van der Waals surface area contributed by atoms with Crippen LogP contribution in [0.1, 0.15) is 10.5 Å². The Morgan fingerprint density at radius 3 is 2.41 bits per heavy atom. The zero-order chi connectivity index (χ0) is 18.8. The second kappa shape index (κ2) is 6.88. The number of carbonyl (C=O) groups excluding carboxylic acids is 2. The summed E-state index contributed by atoms with van der Waals surface area (Å²) in [6.45, 7) is 0. The summed E-state index contributed by atoms with van der Waals surface area (Å²) in [7, 11) is 0. The predicted octanol–water partition coefficient (Wildman–Crippen LogP) is 4.94. The smallest absolute Gasteiger partial charge is 0.242 e. The summed E-state index contributed by atoms with van der Waals surface area (Å²) in [5, 5.41) is 1.52. The highest BCUT2D eigenvalue weighted by Crippen LogP contribution is 2.32. The number of nitrogens with zero attached hydrogens (tertiary/aromatic N) is 1. The van der Waals surface area contributed by atoms with E-state index in [1.807, 2.05) is 24.3 Å². The van der Waals surface area contributed by atoms with Gasteiger partial charge in [0.1, 0.15) is 17.3 Å². The van der Waals surface area contributed by atoms with Gasteiger partial charge in [0, 0.05) is 17.0 Å². The van der Waals surface area contributed by atoms with E-state index in [4.69, 9.17) is 4.74 Å². The molecule has 0 aliphatic carbocycles. The monoisotopic (exact) mass is 359 g/mol. The Bertz CT molecular complexity index is 1150. The van der Waals surface area contributed by atoms with E-state index in [-0.39, 0.29) is 11.5 Å². The molecular weight excluding hydrogens is 345 g/mol. The van der Waals surface area contributed by atoms with Crippen molar-refractivity contribution in [1.82, 2.24) is 4.57 Å². The van der Waals surface area contributed by atoms with E-state index in [9.17, 15) is 14.0 Å². The lowest BCUT2D eigenvalue weighted by atomic mass is 10.1. The molecule has 4 aromatic rings. The molecule has 1 aromatic heterocycles. The number of ketones is 1. The Morgan fingerprint density at radius 1 is 0.926 bits per heavy atom. The molecular formula is C22H14FNO3. The number of hydrogen-bond acceptors (Lipinski definition) is 3. The Hall–Kier alpha value is -3.73. The van der Waals surface area contributed by atoms with E-state index in [1.165, 1.54) is 24.3 Å². The number of ether oxygens (including phenoxy) is 1. The average Bonchev–Trinajstić information content (AvgIpc) is 3.09. The van der Waals surface area contributed by atoms with Crippen molar-refractivity contribution in [2.45, 2.75) is 0 Å². The molecule has 0 N–H and O–H groups in total. The van der Waals surface area contributed by atoms with Crippen molar-refractivity contribution in [2.24, 2.45) is 0 Å². The third-order valence-corrected chi connectivity index (χ3v) is 4.23. The summed E-state index contributed by atoms with van der Waals surface area (Å²) in [4.78, 5) is 23.5. The molecule has 0 atom stereocenters. The maximum atomic E-state index is 13.1. The number of hydrogen-bond donors (Lipinski definition) is 0. The number of aldehydes is 1. The molecule has 4 nitrogen and oxygen atoms in total. The lowest BCUT2D eigenvalue weighted by Gasteiger charge is -2.13. The van der Waals surface area contributed by atoms with Crippen molar-refractivity contribution in [1.29, 1.82) is 0 Å². The fourth-order valence-corrected chi connectivity index (χ4v) is 3.03. The Labute approximate surface area is 154 Å². The van der Waals surface area contributed by atoms with Gasteiger partial charge in [-0.1, -0.05) is 36.4 Å². The normalized spacial score (nSPS) is 10.7. The molecule has 0 amide bonds. The van der Waals surface area contributed by atoms with Gasteiger partial charge in [-0.05, 0) is 36.4 Å². The van der Waals surface area contributed by atoms with Crippen LogP contribution in [0.25, 0.3) is 16.5 Å². The number of Topliss-reactive ketones (excluding diaryl/α,β-unsaturated/α-hetero) is 1. The van der Waals surface area contributed by atoms with Gasteiger partial charge in [0.2, 0.25) is 5.78 Å². The minimum atomic E-state index is -0.618. The number of aromatic nitrogens is 1. The predicted molar refractivity (Wildman–Crippen MR) is 100 cm³/mol. The molecule has 0 saturated heterocycles. The fourth-order valence-electron chi connectivity index (χ4n) is 3.03. The summed E-state index contributed by atoms with van der Waals surface area (Å²) < 4.78 is 20.7. The van der Waals surface area contributed by atoms with Crippen molar-refractivity contribution in [2.75, 3.05) is 0 Å². The SMILES string of the molecule is O=CC(=O)c1c2ccccc2cn1-c1ccccc1Oc1ccc(F)cc1. The minimum absolute atomic E-state index is 0.274. The highest BCUT2D eigenvalue weighted by Gasteiger charge is 2.19. The maximum Gasteiger partial charge on any atom is 0.242 e. The standard InChI is InChI=1S/C22H14FNO3/c23-16-9-11-17(12-10-16)27-21-8-4-3-7-19(21)24-13-15-5-1-2-6-18(15)22(24)20(26)14-25/h1-14H. The third kappa shape index (κ3) is 3.11. The fraction of sp³-hybridized carbons (Fsp3) is 0. The van der Waals surface area contributed by atoms with Crippen LogP contribution in [0.5, 0.6) is 11.5 Å². The van der Waals surface area contributed by atoms with Crippen LogP contribution in [0.15, 0.2) is 79.0 Å². The van der Waals surface area contributed by atoms with Crippen molar-refractivity contribution in [3.05, 3.63) is 90.5 Å². The molecule has 4 rings (SSSR count). The van der Waals surface area contributed by atoms with Crippen LogP contribution in [0.3, 0.4) is 0 Å². The Morgan fingerprint density at radius 2 is 1.63 bits per heavy atom. The van der Waals surface area contributed by atoms with E-state index >= 15 is 0 Å². The van der Waals surface area contributed by atoms with Gasteiger partial charge in [-0.25, -0.2) is 4.39 Å². The van der Waals surface area contributed by atoms with E-state index < -0.39 is 5.78 Å². The first-order chi connectivity index (χ1) is 13.2. The van der Waals surface area contributed by atoms with Crippen LogP contribution >= 0.6 is 0 Å². The van der Waals surface area contributed by atoms with Crippen LogP contribution in [0.4, 0.5) is 4.39 Å². The second-order valence-corrected chi connectivity index (χ2v) is 5.94. The molecule has 132 valence electrons. The summed E-state index contributed by atoms with van der Waals surface area (Å²) in [6, 6.07) is 20.2. The first-order valence-electron chi connectivity index (χ1n) is 8.30. The summed E-state index contributed by atoms with van der Waals surface area (Å²) in [5.41, 5.74) is 0.874. The summed E-state index contributed by atoms with van der Waals surface area (Å²) in [6.07, 6.45) is 2.10. The number of benzene rings is 3. The lowest BCUT2D eigenvalue weighted by Crippen LogP contribution is -2.09. The molecule has 0 spiro atoms. The van der Waals surface area contributed by atoms with Gasteiger partial charge >= 0.3 is 0 Å². The van der Waals surface area contributed by atoms with E-state index in [2.05, 4.69) is 0 Å². The number of fused-ring (bicyclic) bond motifs is 1. The zero-order valence-corrected chi connectivity index (χ0v) is 14.1. The van der Waals surface area contributed by atoms with Gasteiger partial charge in [0.25, 0.3) is 0 Å². The average molecular weight is 359 g/mol. The van der Waals surface area contributed by atoms with Crippen molar-refractivity contribution in [3.8, 4) is 17.2 Å². The molecule has 0 fully saturated rings. The molecule has 0 radical (unpaired) electrons. The van der Waals surface area contributed by atoms with Gasteiger partial charge in [0.05, 0.1) is 5.69 Å². The van der Waals surface area contributed by atoms with Crippen LogP contribution in [0.2, 0.25) is 0 Å². The van der Waals surface area contributed by atoms with Crippen molar-refractivity contribution in [3.63, 3.8) is 0 Å². The van der Waals surface area contributed by atoms with Gasteiger partial charge in [-0.3, -0.25) is 9.59 Å². The molecule has 5 heteroatoms. The number of para-hydroxylation sites is 2. The Balaban J connectivity index is 1.88. The molecule has 0 aliphatic rings. The highest BCUT2D eigenvalue weighted by molar-refractivity contribution is 6.36. The van der Waals surface area contributed by atoms with Crippen LogP contribution in [-0.2, 0) is 4.79 Å². The lowest BCUT2D eigenvalue weighted by molar-refractivity contribution is -0.104. The zero-order valence-electron chi connectivity index (χ0n) is 14.1. The van der Waals surface area contributed by atoms with E-state index in [0.29, 0.717) is 28.9 Å². The molecule has 3 aromatic carbocycles.